The molecule has 0 radical (unpaired) electrons. The molecular formula is C8H15NO4. The fourth-order valence-electron chi connectivity index (χ4n) is 0.830. The Morgan fingerprint density at radius 2 is 2.15 bits per heavy atom. The average molecular weight is 189 g/mol. The SMILES string of the molecule is CC=C(CCO)N[C@@H](CO)C(=O)O. The van der Waals surface area contributed by atoms with Gasteiger partial charge in [0.1, 0.15) is 6.04 Å². The second kappa shape index (κ2) is 6.45. The normalized spacial score (nSPS) is 13.9. The van der Waals surface area contributed by atoms with Crippen molar-refractivity contribution >= 4 is 5.97 Å². The summed E-state index contributed by atoms with van der Waals surface area (Å²) < 4.78 is 0. The van der Waals surface area contributed by atoms with Gasteiger partial charge in [0.2, 0.25) is 0 Å². The van der Waals surface area contributed by atoms with Gasteiger partial charge >= 0.3 is 5.97 Å². The second-order valence-corrected chi connectivity index (χ2v) is 2.51. The van der Waals surface area contributed by atoms with Crippen LogP contribution in [0.3, 0.4) is 0 Å². The number of allylic oxidation sites excluding steroid dienone is 1. The van der Waals surface area contributed by atoms with Crippen LogP contribution in [0.1, 0.15) is 13.3 Å². The predicted molar refractivity (Wildman–Crippen MR) is 47.1 cm³/mol. The highest BCUT2D eigenvalue weighted by Crippen LogP contribution is 1.97. The maximum atomic E-state index is 10.5. The molecule has 0 unspecified atom stereocenters. The highest BCUT2D eigenvalue weighted by Gasteiger charge is 2.15. The van der Waals surface area contributed by atoms with E-state index >= 15 is 0 Å². The van der Waals surface area contributed by atoms with Crippen molar-refractivity contribution in [3.05, 3.63) is 11.8 Å². The molecule has 0 aliphatic rings. The molecule has 13 heavy (non-hydrogen) atoms. The summed E-state index contributed by atoms with van der Waals surface area (Å²) >= 11 is 0. The first-order valence-corrected chi connectivity index (χ1v) is 4.02. The minimum absolute atomic E-state index is 0.0511. The first-order chi connectivity index (χ1) is 6.15. The molecule has 5 heteroatoms. The molecule has 0 aromatic carbocycles. The van der Waals surface area contributed by atoms with E-state index in [2.05, 4.69) is 5.32 Å². The van der Waals surface area contributed by atoms with Gasteiger partial charge in [0.25, 0.3) is 0 Å². The van der Waals surface area contributed by atoms with Crippen LogP contribution >= 0.6 is 0 Å². The lowest BCUT2D eigenvalue weighted by Crippen LogP contribution is -2.39. The van der Waals surface area contributed by atoms with Crippen molar-refractivity contribution in [2.24, 2.45) is 0 Å². The molecular weight excluding hydrogens is 174 g/mol. The smallest absolute Gasteiger partial charge is 0.328 e. The first kappa shape index (κ1) is 11.9. The number of aliphatic hydroxyl groups excluding tert-OH is 2. The van der Waals surface area contributed by atoms with Crippen LogP contribution in [-0.2, 0) is 4.79 Å². The topological polar surface area (TPSA) is 89.8 Å². The largest absolute Gasteiger partial charge is 0.480 e. The maximum Gasteiger partial charge on any atom is 0.328 e. The summed E-state index contributed by atoms with van der Waals surface area (Å²) in [5.41, 5.74) is 0.615. The Bertz CT molecular complexity index is 191. The van der Waals surface area contributed by atoms with Crippen molar-refractivity contribution in [2.75, 3.05) is 13.2 Å². The molecule has 0 aliphatic heterocycles. The van der Waals surface area contributed by atoms with E-state index in [0.29, 0.717) is 12.1 Å². The molecule has 1 atom stereocenters. The lowest BCUT2D eigenvalue weighted by Gasteiger charge is -2.15. The number of aliphatic carboxylic acids is 1. The van der Waals surface area contributed by atoms with Gasteiger partial charge in [-0.05, 0) is 6.92 Å². The quantitative estimate of drug-likeness (QED) is 0.444. The fourth-order valence-corrected chi connectivity index (χ4v) is 0.830. The number of carboxylic acids is 1. The number of carbonyl (C=O) groups is 1. The third-order valence-corrected chi connectivity index (χ3v) is 1.57. The predicted octanol–water partition coefficient (Wildman–Crippen LogP) is -0.692. The second-order valence-electron chi connectivity index (χ2n) is 2.51. The van der Waals surface area contributed by atoms with E-state index in [-0.39, 0.29) is 6.61 Å². The Morgan fingerprint density at radius 1 is 1.54 bits per heavy atom. The average Bonchev–Trinajstić information content (AvgIpc) is 2.11. The Labute approximate surface area is 76.7 Å². The van der Waals surface area contributed by atoms with E-state index < -0.39 is 18.6 Å². The summed E-state index contributed by atoms with van der Waals surface area (Å²) in [7, 11) is 0. The molecule has 0 bridgehead atoms. The molecule has 0 spiro atoms. The van der Waals surface area contributed by atoms with E-state index in [1.807, 2.05) is 0 Å². The number of nitrogens with one attached hydrogen (secondary N) is 1. The van der Waals surface area contributed by atoms with Crippen LogP contribution in [0.5, 0.6) is 0 Å². The molecule has 0 aromatic heterocycles. The zero-order chi connectivity index (χ0) is 10.3. The summed E-state index contributed by atoms with van der Waals surface area (Å²) in [4.78, 5) is 10.5. The molecule has 0 saturated carbocycles. The molecule has 0 saturated heterocycles. The molecule has 0 aliphatic carbocycles. The summed E-state index contributed by atoms with van der Waals surface area (Å²) in [6.07, 6.45) is 2.03. The Morgan fingerprint density at radius 3 is 2.46 bits per heavy atom. The van der Waals surface area contributed by atoms with Gasteiger partial charge in [-0.1, -0.05) is 6.08 Å². The van der Waals surface area contributed by atoms with Crippen molar-refractivity contribution in [1.82, 2.24) is 5.32 Å². The van der Waals surface area contributed by atoms with Gasteiger partial charge in [-0.2, -0.15) is 0 Å². The van der Waals surface area contributed by atoms with E-state index in [9.17, 15) is 4.79 Å². The molecule has 0 heterocycles. The zero-order valence-electron chi connectivity index (χ0n) is 7.53. The Kier molecular flexibility index (Phi) is 5.92. The van der Waals surface area contributed by atoms with Crippen molar-refractivity contribution in [3.63, 3.8) is 0 Å². The van der Waals surface area contributed by atoms with Crippen LogP contribution < -0.4 is 5.32 Å². The van der Waals surface area contributed by atoms with Crippen LogP contribution in [0.15, 0.2) is 11.8 Å². The minimum Gasteiger partial charge on any atom is -0.480 e. The Balaban J connectivity index is 4.12. The van der Waals surface area contributed by atoms with Crippen LogP contribution in [0.25, 0.3) is 0 Å². The van der Waals surface area contributed by atoms with Crippen LogP contribution in [-0.4, -0.2) is 40.5 Å². The van der Waals surface area contributed by atoms with E-state index in [1.165, 1.54) is 0 Å². The number of hydrogen-bond donors (Lipinski definition) is 4. The van der Waals surface area contributed by atoms with Gasteiger partial charge in [0.05, 0.1) is 6.61 Å². The first-order valence-electron chi connectivity index (χ1n) is 4.02. The van der Waals surface area contributed by atoms with Gasteiger partial charge in [-0.3, -0.25) is 0 Å². The molecule has 0 amide bonds. The van der Waals surface area contributed by atoms with Crippen molar-refractivity contribution in [1.29, 1.82) is 0 Å². The third kappa shape index (κ3) is 4.49. The standard InChI is InChI=1S/C8H15NO4/c1-2-6(3-4-10)9-7(5-11)8(12)13/h2,7,9-11H,3-5H2,1H3,(H,12,13)/t7-/m0/s1. The van der Waals surface area contributed by atoms with E-state index in [4.69, 9.17) is 15.3 Å². The van der Waals surface area contributed by atoms with Crippen LogP contribution in [0.2, 0.25) is 0 Å². The Hall–Kier alpha value is -1.07. The van der Waals surface area contributed by atoms with E-state index in [0.717, 1.165) is 0 Å². The number of rotatable bonds is 6. The van der Waals surface area contributed by atoms with E-state index in [1.54, 1.807) is 13.0 Å². The van der Waals surface area contributed by atoms with Gasteiger partial charge in [-0.25, -0.2) is 4.79 Å². The molecule has 5 nitrogen and oxygen atoms in total. The van der Waals surface area contributed by atoms with Crippen molar-refractivity contribution in [3.8, 4) is 0 Å². The number of carboxylic acid groups (broad SMARTS) is 1. The lowest BCUT2D eigenvalue weighted by atomic mass is 10.2. The molecule has 4 N–H and O–H groups in total. The fraction of sp³-hybridized carbons (Fsp3) is 0.625. The van der Waals surface area contributed by atoms with Crippen LogP contribution in [0.4, 0.5) is 0 Å². The van der Waals surface area contributed by atoms with Gasteiger partial charge in [-0.15, -0.1) is 0 Å². The lowest BCUT2D eigenvalue weighted by molar-refractivity contribution is -0.140. The maximum absolute atomic E-state index is 10.5. The monoisotopic (exact) mass is 189 g/mol. The molecule has 0 aromatic rings. The number of hydrogen-bond acceptors (Lipinski definition) is 4. The summed E-state index contributed by atoms with van der Waals surface area (Å²) in [5, 5.41) is 28.5. The molecule has 76 valence electrons. The van der Waals surface area contributed by atoms with Crippen molar-refractivity contribution in [2.45, 2.75) is 19.4 Å². The third-order valence-electron chi connectivity index (χ3n) is 1.57. The summed E-state index contributed by atoms with van der Waals surface area (Å²) in [5.74, 6) is -1.11. The molecule has 0 fully saturated rings. The van der Waals surface area contributed by atoms with Gasteiger partial charge in [0.15, 0.2) is 0 Å². The van der Waals surface area contributed by atoms with Crippen molar-refractivity contribution < 1.29 is 20.1 Å². The zero-order valence-corrected chi connectivity index (χ0v) is 7.53. The summed E-state index contributed by atoms with van der Waals surface area (Å²) in [6, 6.07) is -1.00. The number of aliphatic hydroxyl groups is 2. The minimum atomic E-state index is -1.11. The van der Waals surface area contributed by atoms with Gasteiger partial charge in [0, 0.05) is 18.7 Å². The van der Waals surface area contributed by atoms with Gasteiger partial charge < -0.3 is 20.6 Å². The molecule has 0 rings (SSSR count). The van der Waals surface area contributed by atoms with Crippen LogP contribution in [0, 0.1) is 0 Å². The highest BCUT2D eigenvalue weighted by molar-refractivity contribution is 5.73. The summed E-state index contributed by atoms with van der Waals surface area (Å²) in [6.45, 7) is 1.21. The highest BCUT2D eigenvalue weighted by atomic mass is 16.4.